The monoisotopic (exact) mass is 199 g/mol. The molecule has 1 aromatic heterocycles. The first-order valence-electron chi connectivity index (χ1n) is 4.29. The summed E-state index contributed by atoms with van der Waals surface area (Å²) in [5.74, 6) is 0. The van der Waals surface area contributed by atoms with Crippen LogP contribution in [-0.4, -0.2) is 18.1 Å². The molecule has 13 heavy (non-hydrogen) atoms. The average molecular weight is 200 g/mol. The molecule has 0 radical (unpaired) electrons. The number of nitrogens with one attached hydrogen (secondary N) is 1. The second-order valence-corrected chi connectivity index (χ2v) is 3.27. The maximum Gasteiger partial charge on any atom is 0.129 e. The molecule has 0 aliphatic heterocycles. The number of halogens is 1. The zero-order chi connectivity index (χ0) is 9.68. The fourth-order valence-corrected chi connectivity index (χ4v) is 1.17. The number of nitrogens with zero attached hydrogens (tertiary/aromatic N) is 1. The molecule has 0 bridgehead atoms. The number of aromatic nitrogens is 1. The van der Waals surface area contributed by atoms with E-state index in [0.29, 0.717) is 11.7 Å². The van der Waals surface area contributed by atoms with Crippen molar-refractivity contribution in [1.82, 2.24) is 10.3 Å². The first-order chi connectivity index (χ1) is 6.24. The molecule has 1 atom stereocenters. The normalized spacial score (nSPS) is 12.8. The second-order valence-electron chi connectivity index (χ2n) is 2.88. The Bertz CT molecular complexity index is 248. The van der Waals surface area contributed by atoms with Crippen molar-refractivity contribution in [3.63, 3.8) is 0 Å². The molecule has 72 valence electrons. The SMILES string of the molecule is CC(NCCN)c1ccc(Cl)nc1. The summed E-state index contributed by atoms with van der Waals surface area (Å²) in [4.78, 5) is 4.00. The predicted molar refractivity (Wildman–Crippen MR) is 54.7 cm³/mol. The van der Waals surface area contributed by atoms with Crippen LogP contribution in [0.5, 0.6) is 0 Å². The van der Waals surface area contributed by atoms with E-state index in [-0.39, 0.29) is 6.04 Å². The van der Waals surface area contributed by atoms with E-state index in [0.717, 1.165) is 12.1 Å². The van der Waals surface area contributed by atoms with Crippen molar-refractivity contribution in [2.45, 2.75) is 13.0 Å². The summed E-state index contributed by atoms with van der Waals surface area (Å²) < 4.78 is 0. The zero-order valence-corrected chi connectivity index (χ0v) is 8.38. The van der Waals surface area contributed by atoms with Gasteiger partial charge in [0.1, 0.15) is 5.15 Å². The molecule has 0 aromatic carbocycles. The van der Waals surface area contributed by atoms with Crippen molar-refractivity contribution in [2.75, 3.05) is 13.1 Å². The Morgan fingerprint density at radius 2 is 2.38 bits per heavy atom. The van der Waals surface area contributed by atoms with Crippen molar-refractivity contribution in [1.29, 1.82) is 0 Å². The van der Waals surface area contributed by atoms with Gasteiger partial charge < -0.3 is 11.1 Å². The lowest BCUT2D eigenvalue weighted by Crippen LogP contribution is -2.25. The van der Waals surface area contributed by atoms with Gasteiger partial charge >= 0.3 is 0 Å². The third-order valence-corrected chi connectivity index (χ3v) is 2.07. The van der Waals surface area contributed by atoms with Crippen LogP contribution in [-0.2, 0) is 0 Å². The zero-order valence-electron chi connectivity index (χ0n) is 7.63. The largest absolute Gasteiger partial charge is 0.329 e. The standard InChI is InChI=1S/C9H14ClN3/c1-7(12-5-4-11)8-2-3-9(10)13-6-8/h2-3,6-7,12H,4-5,11H2,1H3. The van der Waals surface area contributed by atoms with E-state index in [1.807, 2.05) is 6.07 Å². The maximum atomic E-state index is 5.67. The fourth-order valence-electron chi connectivity index (χ4n) is 1.06. The van der Waals surface area contributed by atoms with Crippen LogP contribution >= 0.6 is 11.6 Å². The van der Waals surface area contributed by atoms with Gasteiger partial charge in [0.2, 0.25) is 0 Å². The molecule has 1 aromatic rings. The van der Waals surface area contributed by atoms with E-state index in [1.165, 1.54) is 0 Å². The molecular weight excluding hydrogens is 186 g/mol. The van der Waals surface area contributed by atoms with Crippen LogP contribution < -0.4 is 11.1 Å². The summed E-state index contributed by atoms with van der Waals surface area (Å²) >= 11 is 5.67. The number of hydrogen-bond acceptors (Lipinski definition) is 3. The molecule has 1 heterocycles. The third-order valence-electron chi connectivity index (χ3n) is 1.85. The summed E-state index contributed by atoms with van der Waals surface area (Å²) in [6.45, 7) is 3.52. The van der Waals surface area contributed by atoms with Crippen molar-refractivity contribution in [3.05, 3.63) is 29.0 Å². The van der Waals surface area contributed by atoms with Gasteiger partial charge in [-0.3, -0.25) is 0 Å². The molecule has 0 aliphatic rings. The molecular formula is C9H14ClN3. The Hall–Kier alpha value is -0.640. The van der Waals surface area contributed by atoms with Crippen molar-refractivity contribution >= 4 is 11.6 Å². The summed E-state index contributed by atoms with van der Waals surface area (Å²) in [5.41, 5.74) is 6.50. The summed E-state index contributed by atoms with van der Waals surface area (Å²) in [7, 11) is 0. The van der Waals surface area contributed by atoms with Gasteiger partial charge in [-0.1, -0.05) is 17.7 Å². The van der Waals surface area contributed by atoms with Crippen LogP contribution in [0, 0.1) is 0 Å². The van der Waals surface area contributed by atoms with Crippen LogP contribution in [0.4, 0.5) is 0 Å². The Labute approximate surface area is 83.3 Å². The molecule has 4 heteroatoms. The number of hydrogen-bond donors (Lipinski definition) is 2. The van der Waals surface area contributed by atoms with Crippen LogP contribution in [0.15, 0.2) is 18.3 Å². The lowest BCUT2D eigenvalue weighted by molar-refractivity contribution is 0.580. The van der Waals surface area contributed by atoms with Crippen molar-refractivity contribution in [2.24, 2.45) is 5.73 Å². The molecule has 0 amide bonds. The second kappa shape index (κ2) is 5.17. The Kier molecular flexibility index (Phi) is 4.15. The molecule has 0 saturated heterocycles. The van der Waals surface area contributed by atoms with Gasteiger partial charge in [0.25, 0.3) is 0 Å². The van der Waals surface area contributed by atoms with Crippen LogP contribution in [0.1, 0.15) is 18.5 Å². The van der Waals surface area contributed by atoms with Gasteiger partial charge in [-0.05, 0) is 18.6 Å². The van der Waals surface area contributed by atoms with E-state index in [9.17, 15) is 0 Å². The minimum atomic E-state index is 0.272. The molecule has 1 unspecified atom stereocenters. The quantitative estimate of drug-likeness (QED) is 0.720. The van der Waals surface area contributed by atoms with Crippen molar-refractivity contribution < 1.29 is 0 Å². The van der Waals surface area contributed by atoms with Gasteiger partial charge in [-0.15, -0.1) is 0 Å². The lowest BCUT2D eigenvalue weighted by Gasteiger charge is -2.12. The predicted octanol–water partition coefficient (Wildman–Crippen LogP) is 1.34. The molecule has 0 aliphatic carbocycles. The first kappa shape index (κ1) is 10.4. The van der Waals surface area contributed by atoms with Gasteiger partial charge in [-0.25, -0.2) is 4.98 Å². The lowest BCUT2D eigenvalue weighted by atomic mass is 10.1. The van der Waals surface area contributed by atoms with E-state index < -0.39 is 0 Å². The third kappa shape index (κ3) is 3.30. The topological polar surface area (TPSA) is 50.9 Å². The van der Waals surface area contributed by atoms with Crippen LogP contribution in [0.3, 0.4) is 0 Å². The van der Waals surface area contributed by atoms with Gasteiger partial charge in [0, 0.05) is 25.3 Å². The average Bonchev–Trinajstić information content (AvgIpc) is 2.15. The maximum absolute atomic E-state index is 5.67. The van der Waals surface area contributed by atoms with Crippen molar-refractivity contribution in [3.8, 4) is 0 Å². The minimum absolute atomic E-state index is 0.272. The highest BCUT2D eigenvalue weighted by molar-refractivity contribution is 6.29. The van der Waals surface area contributed by atoms with Gasteiger partial charge in [0.05, 0.1) is 0 Å². The molecule has 1 rings (SSSR count). The van der Waals surface area contributed by atoms with E-state index in [2.05, 4.69) is 17.2 Å². The van der Waals surface area contributed by atoms with E-state index in [4.69, 9.17) is 17.3 Å². The van der Waals surface area contributed by atoms with Gasteiger partial charge in [-0.2, -0.15) is 0 Å². The van der Waals surface area contributed by atoms with Crippen LogP contribution in [0.2, 0.25) is 5.15 Å². The Morgan fingerprint density at radius 1 is 1.62 bits per heavy atom. The molecule has 0 spiro atoms. The highest BCUT2D eigenvalue weighted by atomic mass is 35.5. The number of nitrogens with two attached hydrogens (primary N) is 1. The Balaban J connectivity index is 2.55. The molecule has 0 saturated carbocycles. The summed E-state index contributed by atoms with van der Waals surface area (Å²) in [5, 5.41) is 3.78. The first-order valence-corrected chi connectivity index (χ1v) is 4.66. The molecule has 0 fully saturated rings. The highest BCUT2D eigenvalue weighted by Gasteiger charge is 2.03. The van der Waals surface area contributed by atoms with E-state index >= 15 is 0 Å². The smallest absolute Gasteiger partial charge is 0.129 e. The molecule has 3 nitrogen and oxygen atoms in total. The molecule has 3 N–H and O–H groups in total. The number of pyridine rings is 1. The Morgan fingerprint density at radius 3 is 2.92 bits per heavy atom. The number of rotatable bonds is 4. The van der Waals surface area contributed by atoms with E-state index in [1.54, 1.807) is 12.3 Å². The highest BCUT2D eigenvalue weighted by Crippen LogP contribution is 2.12. The summed E-state index contributed by atoms with van der Waals surface area (Å²) in [6.07, 6.45) is 1.77. The minimum Gasteiger partial charge on any atom is -0.329 e. The van der Waals surface area contributed by atoms with Gasteiger partial charge in [0.15, 0.2) is 0 Å². The summed E-state index contributed by atoms with van der Waals surface area (Å²) in [6, 6.07) is 4.02. The fraction of sp³-hybridized carbons (Fsp3) is 0.444. The van der Waals surface area contributed by atoms with Crippen LogP contribution in [0.25, 0.3) is 0 Å².